The first-order valence-electron chi connectivity index (χ1n) is 5.18. The highest BCUT2D eigenvalue weighted by Gasteiger charge is 2.50. The van der Waals surface area contributed by atoms with Crippen molar-refractivity contribution < 1.29 is 5.11 Å². The molecule has 2 saturated carbocycles. The van der Waals surface area contributed by atoms with Gasteiger partial charge in [0.1, 0.15) is 0 Å². The monoisotopic (exact) mass is 168 g/mol. The fraction of sp³-hybridized carbons (Fsp3) is 1.00. The summed E-state index contributed by atoms with van der Waals surface area (Å²) in [6.45, 7) is 6.93. The van der Waals surface area contributed by atoms with Crippen molar-refractivity contribution in [3.05, 3.63) is 0 Å². The third kappa shape index (κ3) is 1.10. The average molecular weight is 168 g/mol. The van der Waals surface area contributed by atoms with Crippen LogP contribution < -0.4 is 0 Å². The molecule has 2 fully saturated rings. The van der Waals surface area contributed by atoms with Gasteiger partial charge in [-0.25, -0.2) is 0 Å². The molecular weight excluding hydrogens is 148 g/mol. The van der Waals surface area contributed by atoms with Crippen molar-refractivity contribution in [2.24, 2.45) is 23.2 Å². The maximum Gasteiger partial charge on any atom is 0.0599 e. The molecule has 12 heavy (non-hydrogen) atoms. The van der Waals surface area contributed by atoms with Crippen LogP contribution in [-0.2, 0) is 0 Å². The van der Waals surface area contributed by atoms with Gasteiger partial charge in [0.05, 0.1) is 6.10 Å². The molecule has 0 aromatic heterocycles. The molecule has 0 spiro atoms. The van der Waals surface area contributed by atoms with Crippen LogP contribution in [-0.4, -0.2) is 11.2 Å². The molecule has 0 aromatic rings. The molecule has 0 aliphatic heterocycles. The van der Waals surface area contributed by atoms with Crippen molar-refractivity contribution in [2.45, 2.75) is 46.1 Å². The summed E-state index contributed by atoms with van der Waals surface area (Å²) in [6.07, 6.45) is 3.86. The van der Waals surface area contributed by atoms with Crippen molar-refractivity contribution in [3.63, 3.8) is 0 Å². The average Bonchev–Trinajstić information content (AvgIpc) is 2.45. The molecule has 0 radical (unpaired) electrons. The standard InChI is InChI=1S/C11H20O/c1-11(2,3)9-6-7-4-5-8(9)10(7)12/h7-10,12H,4-6H2,1-3H3. The van der Waals surface area contributed by atoms with Gasteiger partial charge in [0.25, 0.3) is 0 Å². The maximum absolute atomic E-state index is 9.86. The van der Waals surface area contributed by atoms with Crippen LogP contribution in [0.3, 0.4) is 0 Å². The van der Waals surface area contributed by atoms with E-state index in [1.165, 1.54) is 19.3 Å². The lowest BCUT2D eigenvalue weighted by molar-refractivity contribution is 0.0941. The summed E-state index contributed by atoms with van der Waals surface area (Å²) in [5.41, 5.74) is 0.404. The third-order valence-electron chi connectivity index (χ3n) is 3.98. The van der Waals surface area contributed by atoms with Gasteiger partial charge in [-0.1, -0.05) is 20.8 Å². The Morgan fingerprint density at radius 1 is 1.17 bits per heavy atom. The second-order valence-corrected chi connectivity index (χ2v) is 5.70. The molecule has 2 bridgehead atoms. The summed E-state index contributed by atoms with van der Waals surface area (Å²) >= 11 is 0. The van der Waals surface area contributed by atoms with Gasteiger partial charge in [0.2, 0.25) is 0 Å². The summed E-state index contributed by atoms with van der Waals surface area (Å²) in [5.74, 6) is 2.03. The van der Waals surface area contributed by atoms with Gasteiger partial charge in [0, 0.05) is 0 Å². The molecule has 1 nitrogen and oxygen atoms in total. The van der Waals surface area contributed by atoms with Crippen LogP contribution in [0.1, 0.15) is 40.0 Å². The van der Waals surface area contributed by atoms with Gasteiger partial charge in [-0.05, 0) is 42.4 Å². The van der Waals surface area contributed by atoms with Crippen molar-refractivity contribution in [2.75, 3.05) is 0 Å². The van der Waals surface area contributed by atoms with Gasteiger partial charge in [0.15, 0.2) is 0 Å². The summed E-state index contributed by atoms with van der Waals surface area (Å²) in [6, 6.07) is 0. The topological polar surface area (TPSA) is 20.2 Å². The van der Waals surface area contributed by atoms with Crippen LogP contribution in [0.2, 0.25) is 0 Å². The van der Waals surface area contributed by atoms with Crippen LogP contribution in [0.4, 0.5) is 0 Å². The SMILES string of the molecule is CC(C)(C)C1CC2CCC1C2O. The van der Waals surface area contributed by atoms with E-state index in [1.54, 1.807) is 0 Å². The number of fused-ring (bicyclic) bond motifs is 2. The predicted molar refractivity (Wildman–Crippen MR) is 49.8 cm³/mol. The molecule has 0 heterocycles. The highest BCUT2D eigenvalue weighted by molar-refractivity contribution is 5.00. The fourth-order valence-electron chi connectivity index (χ4n) is 3.29. The quantitative estimate of drug-likeness (QED) is 0.589. The Hall–Kier alpha value is -0.0400. The van der Waals surface area contributed by atoms with Crippen molar-refractivity contribution in [1.82, 2.24) is 0 Å². The predicted octanol–water partition coefficient (Wildman–Crippen LogP) is 2.44. The molecule has 0 aromatic carbocycles. The Labute approximate surface area is 75.2 Å². The minimum atomic E-state index is 0.0363. The Morgan fingerprint density at radius 3 is 2.08 bits per heavy atom. The van der Waals surface area contributed by atoms with E-state index in [-0.39, 0.29) is 6.10 Å². The lowest BCUT2D eigenvalue weighted by Crippen LogP contribution is -2.27. The third-order valence-corrected chi connectivity index (χ3v) is 3.98. The van der Waals surface area contributed by atoms with E-state index in [4.69, 9.17) is 0 Å². The molecule has 4 unspecified atom stereocenters. The number of hydrogen-bond donors (Lipinski definition) is 1. The van der Waals surface area contributed by atoms with E-state index in [0.29, 0.717) is 17.3 Å². The number of aliphatic hydroxyl groups is 1. The number of rotatable bonds is 0. The van der Waals surface area contributed by atoms with Crippen LogP contribution in [0.5, 0.6) is 0 Å². The zero-order valence-corrected chi connectivity index (χ0v) is 8.38. The normalized spacial score (nSPS) is 47.0. The lowest BCUT2D eigenvalue weighted by Gasteiger charge is -2.33. The molecule has 1 N–H and O–H groups in total. The Morgan fingerprint density at radius 2 is 1.83 bits per heavy atom. The van der Waals surface area contributed by atoms with E-state index in [1.807, 2.05) is 0 Å². The summed E-state index contributed by atoms with van der Waals surface area (Å²) in [7, 11) is 0. The second-order valence-electron chi connectivity index (χ2n) is 5.70. The van der Waals surface area contributed by atoms with Gasteiger partial charge < -0.3 is 5.11 Å². The van der Waals surface area contributed by atoms with E-state index in [0.717, 1.165) is 5.92 Å². The largest absolute Gasteiger partial charge is 0.393 e. The van der Waals surface area contributed by atoms with Crippen LogP contribution in [0.25, 0.3) is 0 Å². The minimum absolute atomic E-state index is 0.0363. The summed E-state index contributed by atoms with van der Waals surface area (Å²) < 4.78 is 0. The number of hydrogen-bond acceptors (Lipinski definition) is 1. The first kappa shape index (κ1) is 8.55. The zero-order valence-electron chi connectivity index (χ0n) is 8.38. The van der Waals surface area contributed by atoms with Gasteiger partial charge in [-0.2, -0.15) is 0 Å². The van der Waals surface area contributed by atoms with Crippen LogP contribution >= 0.6 is 0 Å². The first-order chi connectivity index (χ1) is 5.50. The Kier molecular flexibility index (Phi) is 1.76. The van der Waals surface area contributed by atoms with Crippen molar-refractivity contribution in [3.8, 4) is 0 Å². The molecule has 4 atom stereocenters. The Balaban J connectivity index is 2.14. The Bertz CT molecular complexity index is 180. The van der Waals surface area contributed by atoms with E-state index in [9.17, 15) is 5.11 Å². The summed E-state index contributed by atoms with van der Waals surface area (Å²) in [4.78, 5) is 0. The van der Waals surface area contributed by atoms with Gasteiger partial charge in [-0.3, -0.25) is 0 Å². The molecule has 70 valence electrons. The molecular formula is C11H20O. The van der Waals surface area contributed by atoms with Gasteiger partial charge >= 0.3 is 0 Å². The van der Waals surface area contributed by atoms with Crippen molar-refractivity contribution >= 4 is 0 Å². The first-order valence-corrected chi connectivity index (χ1v) is 5.18. The summed E-state index contributed by atoms with van der Waals surface area (Å²) in [5, 5.41) is 9.86. The van der Waals surface area contributed by atoms with Crippen molar-refractivity contribution in [1.29, 1.82) is 0 Å². The second kappa shape index (κ2) is 2.47. The smallest absolute Gasteiger partial charge is 0.0599 e. The molecule has 1 heteroatoms. The molecule has 0 saturated heterocycles. The lowest BCUT2D eigenvalue weighted by atomic mass is 9.72. The molecule has 2 aliphatic carbocycles. The molecule has 2 rings (SSSR count). The molecule has 0 amide bonds. The zero-order chi connectivity index (χ0) is 8.93. The van der Waals surface area contributed by atoms with Crippen LogP contribution in [0, 0.1) is 23.2 Å². The minimum Gasteiger partial charge on any atom is -0.393 e. The van der Waals surface area contributed by atoms with Crippen LogP contribution in [0.15, 0.2) is 0 Å². The van der Waals surface area contributed by atoms with E-state index >= 15 is 0 Å². The van der Waals surface area contributed by atoms with E-state index < -0.39 is 0 Å². The highest BCUT2D eigenvalue weighted by atomic mass is 16.3. The molecule has 2 aliphatic rings. The highest BCUT2D eigenvalue weighted by Crippen LogP contribution is 2.54. The maximum atomic E-state index is 9.86. The van der Waals surface area contributed by atoms with Gasteiger partial charge in [-0.15, -0.1) is 0 Å². The van der Waals surface area contributed by atoms with E-state index in [2.05, 4.69) is 20.8 Å². The fourth-order valence-corrected chi connectivity index (χ4v) is 3.29. The number of aliphatic hydroxyl groups excluding tert-OH is 1.